The zero-order valence-electron chi connectivity index (χ0n) is 23.8. The summed E-state index contributed by atoms with van der Waals surface area (Å²) in [6.45, 7) is 19.4. The average Bonchev–Trinajstić information content (AvgIpc) is 3.51. The summed E-state index contributed by atoms with van der Waals surface area (Å²) in [5, 5.41) is 7.50. The van der Waals surface area contributed by atoms with E-state index < -0.39 is 11.7 Å². The number of allylic oxidation sites excluding steroid dienone is 5. The van der Waals surface area contributed by atoms with Gasteiger partial charge in [0.2, 0.25) is 5.90 Å². The molecule has 0 saturated carbocycles. The molecule has 2 heterocycles. The maximum absolute atomic E-state index is 12.9. The number of hydrogen-bond donors (Lipinski definition) is 1. The molecule has 0 spiro atoms. The summed E-state index contributed by atoms with van der Waals surface area (Å²) < 4.78 is 51.6. The van der Waals surface area contributed by atoms with Gasteiger partial charge in [-0.1, -0.05) is 57.9 Å². The quantitative estimate of drug-likeness (QED) is 0.157. The van der Waals surface area contributed by atoms with E-state index in [1.807, 2.05) is 38.1 Å². The monoisotopic (exact) mass is 557 g/mol. The predicted octanol–water partition coefficient (Wildman–Crippen LogP) is 6.48. The average molecular weight is 558 g/mol. The molecule has 0 atom stereocenters. The Morgan fingerprint density at radius 1 is 1.25 bits per heavy atom. The van der Waals surface area contributed by atoms with Crippen molar-refractivity contribution < 1.29 is 22.6 Å². The van der Waals surface area contributed by atoms with Crippen molar-refractivity contribution in [3.8, 4) is 0 Å². The number of ether oxygens (including phenoxy) is 2. The number of nitrogens with one attached hydrogen (secondary N) is 1. The highest BCUT2D eigenvalue weighted by Gasteiger charge is 2.30. The van der Waals surface area contributed by atoms with Gasteiger partial charge in [0.15, 0.2) is 0 Å². The summed E-state index contributed by atoms with van der Waals surface area (Å²) in [4.78, 5) is 6.78. The van der Waals surface area contributed by atoms with E-state index >= 15 is 0 Å². The fourth-order valence-corrected chi connectivity index (χ4v) is 3.76. The molecule has 0 unspecified atom stereocenters. The van der Waals surface area contributed by atoms with Crippen molar-refractivity contribution in [3.05, 3.63) is 108 Å². The third-order valence-corrected chi connectivity index (χ3v) is 5.93. The molecular formula is C30H38F3N5O2. The number of methoxy groups -OCH3 is 1. The summed E-state index contributed by atoms with van der Waals surface area (Å²) in [5.74, 6) is 1.48. The van der Waals surface area contributed by atoms with Gasteiger partial charge in [0, 0.05) is 26.7 Å². The lowest BCUT2D eigenvalue weighted by molar-refractivity contribution is -0.0881. The predicted molar refractivity (Wildman–Crippen MR) is 154 cm³/mol. The minimum atomic E-state index is -4.49. The van der Waals surface area contributed by atoms with Crippen molar-refractivity contribution in [2.45, 2.75) is 40.1 Å². The van der Waals surface area contributed by atoms with Crippen LogP contribution in [0, 0.1) is 0 Å². The van der Waals surface area contributed by atoms with Crippen molar-refractivity contribution in [3.63, 3.8) is 0 Å². The van der Waals surface area contributed by atoms with E-state index in [-0.39, 0.29) is 18.3 Å². The third kappa shape index (κ3) is 8.65. The number of halogens is 3. The normalized spacial score (nSPS) is 14.3. The second kappa shape index (κ2) is 14.8. The molecule has 7 nitrogen and oxygen atoms in total. The van der Waals surface area contributed by atoms with Crippen molar-refractivity contribution in [2.24, 2.45) is 12.0 Å². The van der Waals surface area contributed by atoms with Gasteiger partial charge in [0.25, 0.3) is 0 Å². The largest absolute Gasteiger partial charge is 0.492 e. The molecule has 0 bridgehead atoms. The van der Waals surface area contributed by atoms with E-state index in [9.17, 15) is 13.2 Å². The van der Waals surface area contributed by atoms with E-state index in [4.69, 9.17) is 9.47 Å². The van der Waals surface area contributed by atoms with Gasteiger partial charge in [-0.25, -0.2) is 4.99 Å². The summed E-state index contributed by atoms with van der Waals surface area (Å²) in [5.41, 5.74) is 2.79. The number of alkyl halides is 3. The zero-order valence-corrected chi connectivity index (χ0v) is 23.8. The SMILES string of the molecule is C=C/C(=C\C=C(/C)OCc1c(C(=NC(=C)c2cccc(CN3CCNC3=C)c2)OC)cnn1C)C(F)(F)F.CC. The van der Waals surface area contributed by atoms with Gasteiger partial charge in [-0.05, 0) is 36.3 Å². The molecule has 40 heavy (non-hydrogen) atoms. The molecule has 1 N–H and O–H groups in total. The van der Waals surface area contributed by atoms with E-state index in [2.05, 4.69) is 40.0 Å². The molecular weight excluding hydrogens is 519 g/mol. The number of nitrogens with zero attached hydrogens (tertiary/aromatic N) is 4. The highest BCUT2D eigenvalue weighted by atomic mass is 19.4. The first-order chi connectivity index (χ1) is 19.0. The van der Waals surface area contributed by atoms with Gasteiger partial charge in [0.1, 0.15) is 6.61 Å². The lowest BCUT2D eigenvalue weighted by Crippen LogP contribution is -2.18. The summed E-state index contributed by atoms with van der Waals surface area (Å²) in [6.07, 6.45) is 0.0265. The smallest absolute Gasteiger partial charge is 0.416 e. The molecule has 1 saturated heterocycles. The van der Waals surface area contributed by atoms with E-state index in [1.165, 1.54) is 13.2 Å². The van der Waals surface area contributed by atoms with Crippen LogP contribution in [0.3, 0.4) is 0 Å². The van der Waals surface area contributed by atoms with E-state index in [0.29, 0.717) is 17.0 Å². The van der Waals surface area contributed by atoms with Crippen LogP contribution in [0.1, 0.15) is 43.2 Å². The fourth-order valence-electron chi connectivity index (χ4n) is 3.76. The molecule has 3 rings (SSSR count). The van der Waals surface area contributed by atoms with Gasteiger partial charge in [-0.3, -0.25) is 4.68 Å². The molecule has 10 heteroatoms. The van der Waals surface area contributed by atoms with Crippen LogP contribution >= 0.6 is 0 Å². The first-order valence-corrected chi connectivity index (χ1v) is 12.8. The first-order valence-electron chi connectivity index (χ1n) is 12.8. The van der Waals surface area contributed by atoms with Gasteiger partial charge in [-0.15, -0.1) is 0 Å². The standard InChI is InChI=1S/C28H32F3N5O2.C2H6/c1-7-24(28(29,30)31)12-11-19(2)38-18-26-25(16-33-35(26)5)27(37-6)34-20(3)23-10-8-9-22(15-23)17-36-14-13-32-21(36)4;1-2/h7-12,15-16,32H,1,3-4,13-14,17-18H2,2,5-6H3;1-2H3/b19-11+,24-12+,34-27?;. The topological polar surface area (TPSA) is 63.9 Å². The maximum atomic E-state index is 12.9. The Kier molecular flexibility index (Phi) is 11.8. The molecule has 0 aliphatic carbocycles. The van der Waals surface area contributed by atoms with Crippen molar-refractivity contribution in [1.82, 2.24) is 20.0 Å². The maximum Gasteiger partial charge on any atom is 0.416 e. The highest BCUT2D eigenvalue weighted by Crippen LogP contribution is 2.26. The Morgan fingerprint density at radius 2 is 1.98 bits per heavy atom. The van der Waals surface area contributed by atoms with Gasteiger partial charge >= 0.3 is 6.18 Å². The number of aromatic nitrogens is 2. The first kappa shape index (κ1) is 32.0. The van der Waals surface area contributed by atoms with Crippen molar-refractivity contribution in [1.29, 1.82) is 0 Å². The second-order valence-electron chi connectivity index (χ2n) is 8.58. The van der Waals surface area contributed by atoms with Crippen LogP contribution < -0.4 is 5.32 Å². The Morgan fingerprint density at radius 3 is 2.58 bits per heavy atom. The van der Waals surface area contributed by atoms with Crippen molar-refractivity contribution in [2.75, 3.05) is 20.2 Å². The van der Waals surface area contributed by atoms with Gasteiger partial charge in [0.05, 0.1) is 47.4 Å². The van der Waals surface area contributed by atoms with Crippen molar-refractivity contribution >= 4 is 11.6 Å². The fraction of sp³-hybridized carbons (Fsp3) is 0.333. The van der Waals surface area contributed by atoms with E-state index in [1.54, 1.807) is 24.9 Å². The Hall–Kier alpha value is -4.21. The molecule has 1 aliphatic heterocycles. The number of aliphatic imine (C=N–C) groups is 1. The molecule has 1 aromatic carbocycles. The highest BCUT2D eigenvalue weighted by molar-refractivity contribution is 5.98. The van der Waals surface area contributed by atoms with Crippen LogP contribution in [-0.2, 0) is 29.7 Å². The van der Waals surface area contributed by atoms with Gasteiger partial charge < -0.3 is 19.7 Å². The number of hydrogen-bond acceptors (Lipinski definition) is 6. The Balaban J connectivity index is 0.00000274. The third-order valence-electron chi connectivity index (χ3n) is 5.93. The lowest BCUT2D eigenvalue weighted by Gasteiger charge is -2.18. The number of rotatable bonds is 10. The molecule has 1 aromatic heterocycles. The molecule has 2 aromatic rings. The molecule has 0 radical (unpaired) electrons. The van der Waals surface area contributed by atoms with Crippen LogP contribution in [0.25, 0.3) is 5.70 Å². The lowest BCUT2D eigenvalue weighted by atomic mass is 10.1. The number of aryl methyl sites for hydroxylation is 1. The molecule has 0 amide bonds. The molecule has 1 aliphatic rings. The second-order valence-corrected chi connectivity index (χ2v) is 8.58. The molecule has 1 fully saturated rings. The molecule has 216 valence electrons. The summed E-state index contributed by atoms with van der Waals surface area (Å²) in [7, 11) is 3.23. The minimum absolute atomic E-state index is 0.0372. The summed E-state index contributed by atoms with van der Waals surface area (Å²) in [6, 6.07) is 7.94. The summed E-state index contributed by atoms with van der Waals surface area (Å²) >= 11 is 0. The zero-order chi connectivity index (χ0) is 29.9. The number of benzene rings is 1. The van der Waals surface area contributed by atoms with Gasteiger partial charge in [-0.2, -0.15) is 18.3 Å². The van der Waals surface area contributed by atoms with Crippen LogP contribution in [0.4, 0.5) is 13.2 Å². The van der Waals surface area contributed by atoms with Crippen LogP contribution in [-0.4, -0.2) is 47.0 Å². The van der Waals surface area contributed by atoms with Crippen LogP contribution in [0.15, 0.2) is 90.6 Å². The van der Waals surface area contributed by atoms with Crippen LogP contribution in [0.2, 0.25) is 0 Å². The Bertz CT molecular complexity index is 1290. The van der Waals surface area contributed by atoms with Crippen LogP contribution in [0.5, 0.6) is 0 Å². The Labute approximate surface area is 234 Å². The minimum Gasteiger partial charge on any atom is -0.492 e. The van der Waals surface area contributed by atoms with E-state index in [0.717, 1.165) is 48.7 Å².